The van der Waals surface area contributed by atoms with E-state index in [1.54, 1.807) is 0 Å². The van der Waals surface area contributed by atoms with Crippen molar-refractivity contribution in [2.24, 2.45) is 0 Å². The van der Waals surface area contributed by atoms with Gasteiger partial charge in [0.15, 0.2) is 5.16 Å². The third kappa shape index (κ3) is 4.14. The van der Waals surface area contributed by atoms with Gasteiger partial charge in [-0.2, -0.15) is 0 Å². The molecule has 3 aromatic rings. The number of carbonyl (C=O) groups excluding carboxylic acids is 1. The Morgan fingerprint density at radius 2 is 1.81 bits per heavy atom. The molecule has 5 nitrogen and oxygen atoms in total. The molecule has 134 valence electrons. The highest BCUT2D eigenvalue weighted by Gasteiger charge is 2.14. The summed E-state index contributed by atoms with van der Waals surface area (Å²) in [5.74, 6) is 1.03. The number of benzene rings is 2. The Kier molecular flexibility index (Phi) is 5.73. The average molecular weight is 366 g/mol. The summed E-state index contributed by atoms with van der Waals surface area (Å²) in [4.78, 5) is 12.4. The number of aromatic nitrogens is 3. The van der Waals surface area contributed by atoms with Crippen LogP contribution in [0, 0.1) is 13.8 Å². The summed E-state index contributed by atoms with van der Waals surface area (Å²) >= 11 is 1.39. The van der Waals surface area contributed by atoms with E-state index in [2.05, 4.69) is 41.5 Å². The Morgan fingerprint density at radius 1 is 1.08 bits per heavy atom. The average Bonchev–Trinajstić information content (AvgIpc) is 3.02. The fourth-order valence-electron chi connectivity index (χ4n) is 2.69. The van der Waals surface area contributed by atoms with Gasteiger partial charge in [-0.1, -0.05) is 54.6 Å². The molecule has 1 aromatic heterocycles. The van der Waals surface area contributed by atoms with E-state index in [-0.39, 0.29) is 11.7 Å². The number of para-hydroxylation sites is 1. The summed E-state index contributed by atoms with van der Waals surface area (Å²) in [5, 5.41) is 12.1. The van der Waals surface area contributed by atoms with E-state index in [1.165, 1.54) is 17.3 Å². The van der Waals surface area contributed by atoms with Crippen molar-refractivity contribution in [2.45, 2.75) is 32.3 Å². The molecule has 0 unspecified atom stereocenters. The molecule has 0 atom stereocenters. The largest absolute Gasteiger partial charge is 0.325 e. The van der Waals surface area contributed by atoms with Crippen molar-refractivity contribution in [1.29, 1.82) is 0 Å². The maximum atomic E-state index is 12.4. The normalized spacial score (nSPS) is 10.7. The van der Waals surface area contributed by atoms with Crippen LogP contribution in [0.4, 0.5) is 5.69 Å². The molecular formula is C20H22N4OS. The molecule has 0 aliphatic rings. The lowest BCUT2D eigenvalue weighted by molar-refractivity contribution is -0.113. The van der Waals surface area contributed by atoms with Gasteiger partial charge in [0.25, 0.3) is 0 Å². The molecule has 6 heteroatoms. The lowest BCUT2D eigenvalue weighted by atomic mass is 10.1. The van der Waals surface area contributed by atoms with Gasteiger partial charge in [0, 0.05) is 11.4 Å². The summed E-state index contributed by atoms with van der Waals surface area (Å²) in [6.45, 7) is 6.04. The van der Waals surface area contributed by atoms with Crippen LogP contribution in [0.3, 0.4) is 0 Å². The Labute approximate surface area is 157 Å². The molecule has 1 amide bonds. The van der Waals surface area contributed by atoms with E-state index in [1.807, 2.05) is 47.9 Å². The minimum atomic E-state index is -0.0491. The topological polar surface area (TPSA) is 59.8 Å². The standard InChI is InChI=1S/C20H22N4OS/c1-4-16-7-5-6-8-18(16)21-19(25)13-26-20-23-22-15(3)24(20)17-11-9-14(2)10-12-17/h5-12H,4,13H2,1-3H3,(H,21,25). The highest BCUT2D eigenvalue weighted by Crippen LogP contribution is 2.23. The summed E-state index contributed by atoms with van der Waals surface area (Å²) in [6, 6.07) is 16.0. The van der Waals surface area contributed by atoms with Crippen molar-refractivity contribution in [3.05, 3.63) is 65.5 Å². The maximum Gasteiger partial charge on any atom is 0.234 e. The monoisotopic (exact) mass is 366 g/mol. The molecule has 0 aliphatic carbocycles. The predicted octanol–water partition coefficient (Wildman–Crippen LogP) is 4.18. The molecule has 0 saturated heterocycles. The molecule has 0 bridgehead atoms. The molecule has 2 aromatic carbocycles. The van der Waals surface area contributed by atoms with Gasteiger partial charge in [-0.3, -0.25) is 9.36 Å². The van der Waals surface area contributed by atoms with E-state index >= 15 is 0 Å². The molecule has 1 heterocycles. The van der Waals surface area contributed by atoms with Crippen LogP contribution in [0.5, 0.6) is 0 Å². The lowest BCUT2D eigenvalue weighted by Crippen LogP contribution is -2.15. The molecule has 0 aliphatic heterocycles. The number of nitrogens with zero attached hydrogens (tertiary/aromatic N) is 3. The summed E-state index contributed by atoms with van der Waals surface area (Å²) in [7, 11) is 0. The van der Waals surface area contributed by atoms with Crippen molar-refractivity contribution in [3.63, 3.8) is 0 Å². The van der Waals surface area contributed by atoms with Gasteiger partial charge in [-0.05, 0) is 44.0 Å². The number of thioether (sulfide) groups is 1. The Bertz CT molecular complexity index is 902. The molecule has 0 saturated carbocycles. The fraction of sp³-hybridized carbons (Fsp3) is 0.250. The third-order valence-corrected chi connectivity index (χ3v) is 5.02. The van der Waals surface area contributed by atoms with Gasteiger partial charge < -0.3 is 5.32 Å². The molecule has 0 spiro atoms. The van der Waals surface area contributed by atoms with Gasteiger partial charge in [0.2, 0.25) is 5.91 Å². The molecule has 0 radical (unpaired) electrons. The second-order valence-electron chi connectivity index (χ2n) is 6.05. The lowest BCUT2D eigenvalue weighted by Gasteiger charge is -2.10. The van der Waals surface area contributed by atoms with Crippen molar-refractivity contribution < 1.29 is 4.79 Å². The summed E-state index contributed by atoms with van der Waals surface area (Å²) in [6.07, 6.45) is 0.880. The van der Waals surface area contributed by atoms with E-state index < -0.39 is 0 Å². The molecule has 0 fully saturated rings. The second-order valence-corrected chi connectivity index (χ2v) is 6.99. The van der Waals surface area contributed by atoms with Gasteiger partial charge in [-0.25, -0.2) is 0 Å². The van der Waals surface area contributed by atoms with Crippen molar-refractivity contribution in [3.8, 4) is 5.69 Å². The smallest absolute Gasteiger partial charge is 0.234 e. The fourth-order valence-corrected chi connectivity index (χ4v) is 3.49. The number of nitrogens with one attached hydrogen (secondary N) is 1. The van der Waals surface area contributed by atoms with E-state index in [0.29, 0.717) is 5.16 Å². The van der Waals surface area contributed by atoms with Crippen LogP contribution in [-0.4, -0.2) is 26.4 Å². The number of amides is 1. The predicted molar refractivity (Wildman–Crippen MR) is 106 cm³/mol. The minimum Gasteiger partial charge on any atom is -0.325 e. The number of rotatable bonds is 6. The van der Waals surface area contributed by atoms with Gasteiger partial charge in [-0.15, -0.1) is 10.2 Å². The first-order valence-electron chi connectivity index (χ1n) is 8.58. The van der Waals surface area contributed by atoms with E-state index in [4.69, 9.17) is 0 Å². The van der Waals surface area contributed by atoms with Gasteiger partial charge >= 0.3 is 0 Å². The summed E-state index contributed by atoms with van der Waals surface area (Å²) in [5.41, 5.74) is 4.20. The summed E-state index contributed by atoms with van der Waals surface area (Å²) < 4.78 is 1.97. The van der Waals surface area contributed by atoms with Gasteiger partial charge in [0.05, 0.1) is 5.75 Å². The number of hydrogen-bond donors (Lipinski definition) is 1. The van der Waals surface area contributed by atoms with Crippen molar-refractivity contribution in [2.75, 3.05) is 11.1 Å². The van der Waals surface area contributed by atoms with Crippen molar-refractivity contribution >= 4 is 23.4 Å². The molecule has 1 N–H and O–H groups in total. The Hall–Kier alpha value is -2.60. The zero-order valence-electron chi connectivity index (χ0n) is 15.2. The zero-order chi connectivity index (χ0) is 18.5. The maximum absolute atomic E-state index is 12.4. The number of carbonyl (C=O) groups is 1. The zero-order valence-corrected chi connectivity index (χ0v) is 16.0. The number of anilines is 1. The van der Waals surface area contributed by atoms with Crippen LogP contribution in [0.1, 0.15) is 23.9 Å². The number of hydrogen-bond acceptors (Lipinski definition) is 4. The first-order chi connectivity index (χ1) is 12.6. The molecule has 26 heavy (non-hydrogen) atoms. The molecular weight excluding hydrogens is 344 g/mol. The van der Waals surface area contributed by atoms with Crippen LogP contribution < -0.4 is 5.32 Å². The Morgan fingerprint density at radius 3 is 2.54 bits per heavy atom. The van der Waals surface area contributed by atoms with Crippen molar-refractivity contribution in [1.82, 2.24) is 14.8 Å². The van der Waals surface area contributed by atoms with Crippen LogP contribution in [0.15, 0.2) is 53.7 Å². The number of aryl methyl sites for hydroxylation is 3. The first-order valence-corrected chi connectivity index (χ1v) is 9.56. The minimum absolute atomic E-state index is 0.0491. The van der Waals surface area contributed by atoms with Crippen LogP contribution >= 0.6 is 11.8 Å². The van der Waals surface area contributed by atoms with E-state index in [0.717, 1.165) is 29.2 Å². The van der Waals surface area contributed by atoms with Crippen LogP contribution in [0.25, 0.3) is 5.69 Å². The molecule has 3 rings (SSSR count). The third-order valence-electron chi connectivity index (χ3n) is 4.09. The quantitative estimate of drug-likeness (QED) is 0.665. The Balaban J connectivity index is 1.70. The highest BCUT2D eigenvalue weighted by molar-refractivity contribution is 7.99. The highest BCUT2D eigenvalue weighted by atomic mass is 32.2. The SMILES string of the molecule is CCc1ccccc1NC(=O)CSc1nnc(C)n1-c1ccc(C)cc1. The van der Waals surface area contributed by atoms with Crippen LogP contribution in [0.2, 0.25) is 0 Å². The first kappa shape index (κ1) is 18.2. The second kappa shape index (κ2) is 8.19. The van der Waals surface area contributed by atoms with Crippen LogP contribution in [-0.2, 0) is 11.2 Å². The van der Waals surface area contributed by atoms with Gasteiger partial charge in [0.1, 0.15) is 5.82 Å². The van der Waals surface area contributed by atoms with E-state index in [9.17, 15) is 4.79 Å².